The van der Waals surface area contributed by atoms with Gasteiger partial charge in [0.1, 0.15) is 0 Å². The second-order valence-electron chi connectivity index (χ2n) is 7.40. The lowest BCUT2D eigenvalue weighted by atomic mass is 9.73. The van der Waals surface area contributed by atoms with Crippen LogP contribution in [0.15, 0.2) is 24.3 Å². The van der Waals surface area contributed by atoms with Gasteiger partial charge in [0.15, 0.2) is 0 Å². The van der Waals surface area contributed by atoms with Crippen LogP contribution in [0.4, 0.5) is 0 Å². The van der Waals surface area contributed by atoms with Gasteiger partial charge in [-0.2, -0.15) is 0 Å². The molecule has 0 spiro atoms. The van der Waals surface area contributed by atoms with Crippen molar-refractivity contribution in [2.75, 3.05) is 6.54 Å². The molecular weight excluding hydrogens is 242 g/mol. The molecule has 0 bridgehead atoms. The van der Waals surface area contributed by atoms with Gasteiger partial charge in [-0.15, -0.1) is 0 Å². The van der Waals surface area contributed by atoms with Gasteiger partial charge in [0.2, 0.25) is 0 Å². The third kappa shape index (κ3) is 2.93. The maximum atomic E-state index is 3.88. The molecule has 2 aliphatic rings. The Morgan fingerprint density at radius 1 is 1.25 bits per heavy atom. The van der Waals surface area contributed by atoms with E-state index < -0.39 is 0 Å². The van der Waals surface area contributed by atoms with Crippen molar-refractivity contribution in [3.63, 3.8) is 0 Å². The Morgan fingerprint density at radius 3 is 2.85 bits per heavy atom. The first-order valence-corrected chi connectivity index (χ1v) is 8.51. The lowest BCUT2D eigenvalue weighted by Gasteiger charge is -2.37. The first kappa shape index (κ1) is 14.1. The summed E-state index contributed by atoms with van der Waals surface area (Å²) >= 11 is 0. The number of aryl methyl sites for hydroxylation is 1. The van der Waals surface area contributed by atoms with E-state index in [0.29, 0.717) is 5.54 Å². The predicted molar refractivity (Wildman–Crippen MR) is 86.2 cm³/mol. The van der Waals surface area contributed by atoms with E-state index in [1.54, 1.807) is 11.1 Å². The van der Waals surface area contributed by atoms with Gasteiger partial charge in [-0.3, -0.25) is 0 Å². The van der Waals surface area contributed by atoms with Gasteiger partial charge in [0, 0.05) is 5.54 Å². The van der Waals surface area contributed by atoms with E-state index in [0.717, 1.165) is 11.8 Å². The molecule has 0 radical (unpaired) electrons. The standard InChI is InChI=1S/C19H29N/c1-15(2)13-19(11-6-12-20-19)14-17-9-5-8-16-7-3-4-10-18(16)17/h3-4,7,10,15,17,20H,5-6,8-9,11-14H2,1-2H3. The molecule has 1 aliphatic carbocycles. The van der Waals surface area contributed by atoms with Crippen molar-refractivity contribution in [2.45, 2.75) is 70.3 Å². The zero-order valence-corrected chi connectivity index (χ0v) is 13.1. The highest BCUT2D eigenvalue weighted by molar-refractivity contribution is 5.33. The molecule has 0 aromatic heterocycles. The molecule has 1 heteroatoms. The highest BCUT2D eigenvalue weighted by Gasteiger charge is 2.37. The van der Waals surface area contributed by atoms with Crippen LogP contribution in [0.1, 0.15) is 69.4 Å². The van der Waals surface area contributed by atoms with E-state index >= 15 is 0 Å². The fraction of sp³-hybridized carbons (Fsp3) is 0.684. The summed E-state index contributed by atoms with van der Waals surface area (Å²) in [6.45, 7) is 5.97. The molecule has 1 saturated heterocycles. The van der Waals surface area contributed by atoms with Crippen LogP contribution in [0.5, 0.6) is 0 Å². The smallest absolute Gasteiger partial charge is 0.0190 e. The number of hydrogen-bond donors (Lipinski definition) is 1. The van der Waals surface area contributed by atoms with Crippen LogP contribution in [-0.2, 0) is 6.42 Å². The zero-order chi connectivity index (χ0) is 14.0. The minimum Gasteiger partial charge on any atom is -0.311 e. The van der Waals surface area contributed by atoms with Crippen molar-refractivity contribution < 1.29 is 0 Å². The summed E-state index contributed by atoms with van der Waals surface area (Å²) in [5.41, 5.74) is 3.68. The lowest BCUT2D eigenvalue weighted by molar-refractivity contribution is 0.256. The summed E-state index contributed by atoms with van der Waals surface area (Å²) in [4.78, 5) is 0. The van der Waals surface area contributed by atoms with Crippen molar-refractivity contribution in [3.8, 4) is 0 Å². The Morgan fingerprint density at radius 2 is 2.10 bits per heavy atom. The number of nitrogens with one attached hydrogen (secondary N) is 1. The molecule has 20 heavy (non-hydrogen) atoms. The van der Waals surface area contributed by atoms with E-state index in [1.807, 2.05) is 0 Å². The van der Waals surface area contributed by atoms with Crippen molar-refractivity contribution in [2.24, 2.45) is 5.92 Å². The van der Waals surface area contributed by atoms with E-state index in [4.69, 9.17) is 0 Å². The number of fused-ring (bicyclic) bond motifs is 1. The molecule has 1 aromatic rings. The SMILES string of the molecule is CC(C)CC1(CC2CCCc3ccccc32)CCCN1. The van der Waals surface area contributed by atoms with Gasteiger partial charge in [0.05, 0.1) is 0 Å². The van der Waals surface area contributed by atoms with Crippen LogP contribution in [0, 0.1) is 5.92 Å². The molecule has 2 unspecified atom stereocenters. The van der Waals surface area contributed by atoms with Gasteiger partial charge in [-0.1, -0.05) is 38.1 Å². The highest BCUT2D eigenvalue weighted by atomic mass is 15.0. The summed E-state index contributed by atoms with van der Waals surface area (Å²) in [5.74, 6) is 1.57. The molecule has 1 fully saturated rings. The van der Waals surface area contributed by atoms with E-state index in [-0.39, 0.29) is 0 Å². The van der Waals surface area contributed by atoms with Crippen molar-refractivity contribution in [1.82, 2.24) is 5.32 Å². The Labute approximate surface area is 124 Å². The lowest BCUT2D eigenvalue weighted by Crippen LogP contribution is -2.42. The molecule has 0 saturated carbocycles. The van der Waals surface area contributed by atoms with Gasteiger partial charge in [0.25, 0.3) is 0 Å². The number of hydrogen-bond acceptors (Lipinski definition) is 1. The van der Waals surface area contributed by atoms with Crippen LogP contribution < -0.4 is 5.32 Å². The Kier molecular flexibility index (Phi) is 4.16. The third-order valence-electron chi connectivity index (χ3n) is 5.26. The van der Waals surface area contributed by atoms with Gasteiger partial charge in [-0.25, -0.2) is 0 Å². The molecule has 1 aromatic carbocycles. The van der Waals surface area contributed by atoms with E-state index in [1.165, 1.54) is 51.5 Å². The first-order chi connectivity index (χ1) is 9.69. The van der Waals surface area contributed by atoms with E-state index in [9.17, 15) is 0 Å². The van der Waals surface area contributed by atoms with Crippen LogP contribution in [0.2, 0.25) is 0 Å². The van der Waals surface area contributed by atoms with Crippen molar-refractivity contribution in [3.05, 3.63) is 35.4 Å². The molecule has 0 amide bonds. The van der Waals surface area contributed by atoms with Crippen LogP contribution in [0.25, 0.3) is 0 Å². The fourth-order valence-electron chi connectivity index (χ4n) is 4.62. The average Bonchev–Trinajstić information content (AvgIpc) is 2.86. The summed E-state index contributed by atoms with van der Waals surface area (Å²) in [5, 5.41) is 3.88. The fourth-order valence-corrected chi connectivity index (χ4v) is 4.62. The molecule has 1 aliphatic heterocycles. The molecule has 3 rings (SSSR count). The summed E-state index contributed by atoms with van der Waals surface area (Å²) in [6.07, 6.45) is 9.48. The Bertz CT molecular complexity index is 443. The second kappa shape index (κ2) is 5.89. The van der Waals surface area contributed by atoms with E-state index in [2.05, 4.69) is 43.4 Å². The topological polar surface area (TPSA) is 12.0 Å². The molecule has 1 N–H and O–H groups in total. The van der Waals surface area contributed by atoms with Gasteiger partial charge in [-0.05, 0) is 74.5 Å². The summed E-state index contributed by atoms with van der Waals surface area (Å²) < 4.78 is 0. The molecule has 1 heterocycles. The van der Waals surface area contributed by atoms with Crippen LogP contribution >= 0.6 is 0 Å². The minimum absolute atomic E-state index is 0.420. The van der Waals surface area contributed by atoms with Gasteiger partial charge < -0.3 is 5.32 Å². The van der Waals surface area contributed by atoms with Gasteiger partial charge >= 0.3 is 0 Å². The van der Waals surface area contributed by atoms with Crippen LogP contribution in [0.3, 0.4) is 0 Å². The third-order valence-corrected chi connectivity index (χ3v) is 5.26. The Balaban J connectivity index is 1.80. The van der Waals surface area contributed by atoms with Crippen LogP contribution in [-0.4, -0.2) is 12.1 Å². The molecule has 110 valence electrons. The number of benzene rings is 1. The highest BCUT2D eigenvalue weighted by Crippen LogP contribution is 2.41. The number of rotatable bonds is 4. The second-order valence-corrected chi connectivity index (χ2v) is 7.40. The maximum absolute atomic E-state index is 3.88. The van der Waals surface area contributed by atoms with Crippen molar-refractivity contribution in [1.29, 1.82) is 0 Å². The predicted octanol–water partition coefficient (Wildman–Crippen LogP) is 4.66. The summed E-state index contributed by atoms with van der Waals surface area (Å²) in [7, 11) is 0. The zero-order valence-electron chi connectivity index (χ0n) is 13.1. The molecule has 1 nitrogen and oxygen atoms in total. The average molecular weight is 271 g/mol. The molecular formula is C19H29N. The van der Waals surface area contributed by atoms with Crippen molar-refractivity contribution >= 4 is 0 Å². The first-order valence-electron chi connectivity index (χ1n) is 8.51. The monoisotopic (exact) mass is 271 g/mol. The maximum Gasteiger partial charge on any atom is 0.0190 e. The normalized spacial score (nSPS) is 29.6. The Hall–Kier alpha value is -0.820. The largest absolute Gasteiger partial charge is 0.311 e. The minimum atomic E-state index is 0.420. The molecule has 2 atom stereocenters. The summed E-state index contributed by atoms with van der Waals surface area (Å²) in [6, 6.07) is 9.17. The quantitative estimate of drug-likeness (QED) is 0.839.